The molecule has 84 valence electrons. The molecule has 0 fully saturated rings. The van der Waals surface area contributed by atoms with E-state index < -0.39 is 0 Å². The molecule has 0 aromatic rings. The van der Waals surface area contributed by atoms with Crippen molar-refractivity contribution in [2.45, 2.75) is 40.0 Å². The molecule has 3 nitrogen and oxygen atoms in total. The molecule has 0 unspecified atom stereocenters. The molecule has 0 aromatic heterocycles. The predicted molar refractivity (Wildman–Crippen MR) is 58.0 cm³/mol. The topological polar surface area (TPSA) is 40.5 Å². The van der Waals surface area contributed by atoms with Crippen LogP contribution in [0.15, 0.2) is 0 Å². The molecule has 0 heterocycles. The molecule has 0 saturated heterocycles. The Morgan fingerprint density at radius 3 is 2.21 bits per heavy atom. The summed E-state index contributed by atoms with van der Waals surface area (Å²) >= 11 is 0. The lowest BCUT2D eigenvalue weighted by Crippen LogP contribution is -2.34. The highest BCUT2D eigenvalue weighted by molar-refractivity contribution is 5.76. The molecule has 0 rings (SSSR count). The SMILES string of the molecule is CCC(CC)CC(=O)N(CC)CCO. The quantitative estimate of drug-likeness (QED) is 0.680. The minimum atomic E-state index is 0.0580. The second-order valence-corrected chi connectivity index (χ2v) is 3.58. The van der Waals surface area contributed by atoms with Crippen LogP contribution in [-0.4, -0.2) is 35.6 Å². The van der Waals surface area contributed by atoms with Crippen LogP contribution in [0.5, 0.6) is 0 Å². The Morgan fingerprint density at radius 1 is 1.29 bits per heavy atom. The molecule has 0 bridgehead atoms. The van der Waals surface area contributed by atoms with Gasteiger partial charge in [-0.25, -0.2) is 0 Å². The third-order valence-corrected chi connectivity index (χ3v) is 2.72. The van der Waals surface area contributed by atoms with Gasteiger partial charge in [-0.05, 0) is 12.8 Å². The summed E-state index contributed by atoms with van der Waals surface area (Å²) in [6, 6.07) is 0. The Balaban J connectivity index is 4.01. The molecule has 1 amide bonds. The van der Waals surface area contributed by atoms with Gasteiger partial charge in [0.25, 0.3) is 0 Å². The van der Waals surface area contributed by atoms with E-state index in [0.717, 1.165) is 12.8 Å². The smallest absolute Gasteiger partial charge is 0.222 e. The largest absolute Gasteiger partial charge is 0.395 e. The fourth-order valence-electron chi connectivity index (χ4n) is 1.53. The Hall–Kier alpha value is -0.570. The molecule has 3 heteroatoms. The summed E-state index contributed by atoms with van der Waals surface area (Å²) in [4.78, 5) is 13.4. The minimum absolute atomic E-state index is 0.0580. The Morgan fingerprint density at radius 2 is 1.86 bits per heavy atom. The van der Waals surface area contributed by atoms with Crippen LogP contribution in [0.1, 0.15) is 40.0 Å². The van der Waals surface area contributed by atoms with Crippen molar-refractivity contribution in [1.82, 2.24) is 4.90 Å². The molecule has 0 spiro atoms. The normalized spacial score (nSPS) is 10.6. The average molecular weight is 201 g/mol. The summed E-state index contributed by atoms with van der Waals surface area (Å²) in [5.74, 6) is 0.672. The molecular formula is C11H23NO2. The van der Waals surface area contributed by atoms with E-state index in [-0.39, 0.29) is 12.5 Å². The van der Waals surface area contributed by atoms with Crippen LogP contribution < -0.4 is 0 Å². The number of likely N-dealkylation sites (N-methyl/N-ethyl adjacent to an activating group) is 1. The maximum atomic E-state index is 11.7. The van der Waals surface area contributed by atoms with Crippen LogP contribution in [0.25, 0.3) is 0 Å². The zero-order valence-electron chi connectivity index (χ0n) is 9.62. The molecule has 0 atom stereocenters. The second-order valence-electron chi connectivity index (χ2n) is 3.58. The van der Waals surface area contributed by atoms with Gasteiger partial charge in [0, 0.05) is 19.5 Å². The van der Waals surface area contributed by atoms with Gasteiger partial charge < -0.3 is 10.0 Å². The number of hydrogen-bond donors (Lipinski definition) is 1. The third-order valence-electron chi connectivity index (χ3n) is 2.72. The van der Waals surface area contributed by atoms with Crippen molar-refractivity contribution in [2.75, 3.05) is 19.7 Å². The van der Waals surface area contributed by atoms with Crippen molar-refractivity contribution < 1.29 is 9.90 Å². The maximum Gasteiger partial charge on any atom is 0.222 e. The van der Waals surface area contributed by atoms with Crippen molar-refractivity contribution in [3.8, 4) is 0 Å². The second kappa shape index (κ2) is 7.80. The standard InChI is InChI=1S/C11H23NO2/c1-4-10(5-2)9-11(14)12(6-3)7-8-13/h10,13H,4-9H2,1-3H3. The first kappa shape index (κ1) is 13.4. The highest BCUT2D eigenvalue weighted by atomic mass is 16.3. The Kier molecular flexibility index (Phi) is 7.48. The minimum Gasteiger partial charge on any atom is -0.395 e. The van der Waals surface area contributed by atoms with Crippen molar-refractivity contribution in [3.63, 3.8) is 0 Å². The van der Waals surface area contributed by atoms with E-state index in [9.17, 15) is 4.79 Å². The Bertz CT molecular complexity index is 155. The molecule has 0 radical (unpaired) electrons. The number of amides is 1. The molecule has 0 aliphatic rings. The molecule has 0 aromatic carbocycles. The lowest BCUT2D eigenvalue weighted by molar-refractivity contribution is -0.132. The molecular weight excluding hydrogens is 178 g/mol. The summed E-state index contributed by atoms with van der Waals surface area (Å²) in [7, 11) is 0. The van der Waals surface area contributed by atoms with E-state index in [0.29, 0.717) is 25.4 Å². The van der Waals surface area contributed by atoms with Crippen molar-refractivity contribution in [3.05, 3.63) is 0 Å². The van der Waals surface area contributed by atoms with E-state index in [2.05, 4.69) is 13.8 Å². The monoisotopic (exact) mass is 201 g/mol. The number of carbonyl (C=O) groups is 1. The Labute approximate surface area is 87.1 Å². The van der Waals surface area contributed by atoms with Crippen LogP contribution in [0.4, 0.5) is 0 Å². The van der Waals surface area contributed by atoms with Crippen LogP contribution >= 0.6 is 0 Å². The highest BCUT2D eigenvalue weighted by Crippen LogP contribution is 2.13. The summed E-state index contributed by atoms with van der Waals surface area (Å²) in [6.07, 6.45) is 2.73. The van der Waals surface area contributed by atoms with Gasteiger partial charge >= 0.3 is 0 Å². The summed E-state index contributed by atoms with van der Waals surface area (Å²) in [5.41, 5.74) is 0. The summed E-state index contributed by atoms with van der Waals surface area (Å²) in [5, 5.41) is 8.77. The van der Waals surface area contributed by atoms with Gasteiger partial charge in [0.05, 0.1) is 6.61 Å². The fraction of sp³-hybridized carbons (Fsp3) is 0.909. The van der Waals surface area contributed by atoms with E-state index in [1.165, 1.54) is 0 Å². The molecule has 0 aliphatic heterocycles. The van der Waals surface area contributed by atoms with Gasteiger partial charge in [0.1, 0.15) is 0 Å². The first-order chi connectivity index (χ1) is 6.69. The first-order valence-corrected chi connectivity index (χ1v) is 5.58. The van der Waals surface area contributed by atoms with Crippen LogP contribution in [0, 0.1) is 5.92 Å². The number of aliphatic hydroxyl groups excluding tert-OH is 1. The predicted octanol–water partition coefficient (Wildman–Crippen LogP) is 1.65. The van der Waals surface area contributed by atoms with E-state index in [4.69, 9.17) is 5.11 Å². The number of nitrogens with zero attached hydrogens (tertiary/aromatic N) is 1. The van der Waals surface area contributed by atoms with Gasteiger partial charge in [-0.15, -0.1) is 0 Å². The van der Waals surface area contributed by atoms with E-state index in [1.54, 1.807) is 4.90 Å². The van der Waals surface area contributed by atoms with Gasteiger partial charge in [-0.3, -0.25) is 4.79 Å². The molecule has 0 aliphatic carbocycles. The van der Waals surface area contributed by atoms with Crippen molar-refractivity contribution >= 4 is 5.91 Å². The fourth-order valence-corrected chi connectivity index (χ4v) is 1.53. The average Bonchev–Trinajstić information content (AvgIpc) is 2.22. The zero-order chi connectivity index (χ0) is 11.0. The zero-order valence-corrected chi connectivity index (χ0v) is 9.62. The maximum absolute atomic E-state index is 11.7. The van der Waals surface area contributed by atoms with Gasteiger partial charge in [-0.2, -0.15) is 0 Å². The number of hydrogen-bond acceptors (Lipinski definition) is 2. The van der Waals surface area contributed by atoms with Crippen LogP contribution in [0.3, 0.4) is 0 Å². The van der Waals surface area contributed by atoms with Gasteiger partial charge in [0.15, 0.2) is 0 Å². The lowest BCUT2D eigenvalue weighted by Gasteiger charge is -2.22. The number of rotatable bonds is 7. The molecule has 0 saturated carbocycles. The first-order valence-electron chi connectivity index (χ1n) is 5.58. The molecule has 14 heavy (non-hydrogen) atoms. The highest BCUT2D eigenvalue weighted by Gasteiger charge is 2.15. The molecule has 1 N–H and O–H groups in total. The number of carbonyl (C=O) groups excluding carboxylic acids is 1. The summed E-state index contributed by atoms with van der Waals surface area (Å²) < 4.78 is 0. The number of aliphatic hydroxyl groups is 1. The third kappa shape index (κ3) is 4.61. The van der Waals surface area contributed by atoms with Crippen molar-refractivity contribution in [2.24, 2.45) is 5.92 Å². The lowest BCUT2D eigenvalue weighted by atomic mass is 9.99. The van der Waals surface area contributed by atoms with Crippen LogP contribution in [-0.2, 0) is 4.79 Å². The van der Waals surface area contributed by atoms with Gasteiger partial charge in [0.2, 0.25) is 5.91 Å². The van der Waals surface area contributed by atoms with Crippen molar-refractivity contribution in [1.29, 1.82) is 0 Å². The van der Waals surface area contributed by atoms with Gasteiger partial charge in [-0.1, -0.05) is 26.7 Å². The van der Waals surface area contributed by atoms with E-state index >= 15 is 0 Å². The summed E-state index contributed by atoms with van der Waals surface area (Å²) in [6.45, 7) is 7.39. The van der Waals surface area contributed by atoms with Crippen LogP contribution in [0.2, 0.25) is 0 Å². The van der Waals surface area contributed by atoms with E-state index in [1.807, 2.05) is 6.92 Å².